The maximum Gasteiger partial charge on any atom is 0.159 e. The summed E-state index contributed by atoms with van der Waals surface area (Å²) in [5, 5.41) is 0. The summed E-state index contributed by atoms with van der Waals surface area (Å²) in [4.78, 5) is 11.2. The second kappa shape index (κ2) is 4.75. The van der Waals surface area contributed by atoms with Gasteiger partial charge in [-0.15, -0.1) is 0 Å². The minimum atomic E-state index is 0.239. The summed E-state index contributed by atoms with van der Waals surface area (Å²) in [5.74, 6) is 0.239. The highest BCUT2D eigenvalue weighted by Crippen LogP contribution is 2.35. The molecule has 0 bridgehead atoms. The fourth-order valence-electron chi connectivity index (χ4n) is 2.22. The number of unbranched alkanes of at least 4 members (excludes halogenated alkanes) is 1. The van der Waals surface area contributed by atoms with Gasteiger partial charge in [-0.1, -0.05) is 19.4 Å². The molecule has 0 spiro atoms. The van der Waals surface area contributed by atoms with Crippen molar-refractivity contribution in [1.29, 1.82) is 0 Å². The second-order valence-corrected chi connectivity index (χ2v) is 4.25. The largest absolute Gasteiger partial charge is 0.374 e. The molecule has 0 heterocycles. The van der Waals surface area contributed by atoms with Crippen LogP contribution in [0.5, 0.6) is 0 Å². The Kier molecular flexibility index (Phi) is 3.37. The molecule has 82 valence electrons. The molecule has 1 unspecified atom stereocenters. The zero-order valence-electron chi connectivity index (χ0n) is 9.29. The van der Waals surface area contributed by atoms with Gasteiger partial charge in [0, 0.05) is 13.0 Å². The Hall–Kier alpha value is -0.890. The number of ketones is 1. The van der Waals surface area contributed by atoms with E-state index in [1.807, 2.05) is 0 Å². The maximum atomic E-state index is 11.2. The first-order valence-electron chi connectivity index (χ1n) is 5.86. The van der Waals surface area contributed by atoms with Gasteiger partial charge in [-0.05, 0) is 36.5 Å². The Morgan fingerprint density at radius 3 is 3.20 bits per heavy atom. The van der Waals surface area contributed by atoms with E-state index in [9.17, 15) is 4.79 Å². The van der Waals surface area contributed by atoms with Gasteiger partial charge in [-0.3, -0.25) is 4.79 Å². The molecule has 0 amide bonds. The van der Waals surface area contributed by atoms with E-state index in [0.717, 1.165) is 25.9 Å². The monoisotopic (exact) mass is 206 g/mol. The van der Waals surface area contributed by atoms with Crippen LogP contribution in [0.15, 0.2) is 23.3 Å². The molecule has 1 fully saturated rings. The van der Waals surface area contributed by atoms with Gasteiger partial charge in [0.1, 0.15) is 0 Å². The van der Waals surface area contributed by atoms with E-state index in [1.54, 1.807) is 6.08 Å². The Balaban J connectivity index is 1.94. The lowest BCUT2D eigenvalue weighted by atomic mass is 9.99. The van der Waals surface area contributed by atoms with Crippen LogP contribution in [0.2, 0.25) is 0 Å². The number of hydrogen-bond acceptors (Lipinski definition) is 2. The zero-order valence-corrected chi connectivity index (χ0v) is 9.29. The van der Waals surface area contributed by atoms with Crippen LogP contribution in [0.3, 0.4) is 0 Å². The van der Waals surface area contributed by atoms with E-state index in [4.69, 9.17) is 4.74 Å². The first kappa shape index (κ1) is 10.6. The van der Waals surface area contributed by atoms with Crippen molar-refractivity contribution in [2.45, 2.75) is 45.1 Å². The van der Waals surface area contributed by atoms with Crippen molar-refractivity contribution in [3.05, 3.63) is 23.3 Å². The first-order chi connectivity index (χ1) is 7.31. The van der Waals surface area contributed by atoms with E-state index in [1.165, 1.54) is 17.6 Å². The lowest BCUT2D eigenvalue weighted by Gasteiger charge is -2.15. The average Bonchev–Trinajstić information content (AvgIpc) is 2.61. The fourth-order valence-corrected chi connectivity index (χ4v) is 2.22. The summed E-state index contributed by atoms with van der Waals surface area (Å²) in [6.07, 6.45) is 9.04. The molecule has 2 aliphatic rings. The van der Waals surface area contributed by atoms with Crippen molar-refractivity contribution >= 4 is 5.78 Å². The van der Waals surface area contributed by atoms with Gasteiger partial charge in [0.05, 0.1) is 6.10 Å². The highest BCUT2D eigenvalue weighted by molar-refractivity contribution is 5.94. The summed E-state index contributed by atoms with van der Waals surface area (Å²) >= 11 is 0. The molecule has 0 aromatic heterocycles. The Morgan fingerprint density at radius 1 is 1.53 bits per heavy atom. The molecule has 2 aliphatic carbocycles. The van der Waals surface area contributed by atoms with Crippen LogP contribution < -0.4 is 0 Å². The molecule has 15 heavy (non-hydrogen) atoms. The van der Waals surface area contributed by atoms with Crippen molar-refractivity contribution in [2.75, 3.05) is 6.61 Å². The van der Waals surface area contributed by atoms with Gasteiger partial charge < -0.3 is 4.74 Å². The van der Waals surface area contributed by atoms with Crippen molar-refractivity contribution in [3.8, 4) is 0 Å². The Bertz CT molecular complexity index is 312. The van der Waals surface area contributed by atoms with E-state index >= 15 is 0 Å². The van der Waals surface area contributed by atoms with E-state index in [2.05, 4.69) is 13.0 Å². The van der Waals surface area contributed by atoms with E-state index < -0.39 is 0 Å². The van der Waals surface area contributed by atoms with Gasteiger partial charge in [0.2, 0.25) is 0 Å². The van der Waals surface area contributed by atoms with Gasteiger partial charge in [0.15, 0.2) is 5.78 Å². The number of allylic oxidation sites excluding steroid dienone is 2. The third-order valence-corrected chi connectivity index (χ3v) is 3.07. The molecule has 0 radical (unpaired) electrons. The van der Waals surface area contributed by atoms with Crippen molar-refractivity contribution in [1.82, 2.24) is 0 Å². The Labute approximate surface area is 91.0 Å². The lowest BCUT2D eigenvalue weighted by molar-refractivity contribution is -0.114. The molecule has 0 N–H and O–H groups in total. The molecule has 2 rings (SSSR count). The summed E-state index contributed by atoms with van der Waals surface area (Å²) < 4.78 is 5.83. The fraction of sp³-hybridized carbons (Fsp3) is 0.615. The number of ether oxygens (including phenoxy) is 1. The Morgan fingerprint density at radius 2 is 2.40 bits per heavy atom. The molecular formula is C13H18O2. The number of rotatable bonds is 4. The second-order valence-electron chi connectivity index (χ2n) is 4.25. The molecule has 2 nitrogen and oxygen atoms in total. The van der Waals surface area contributed by atoms with Gasteiger partial charge in [0.25, 0.3) is 0 Å². The minimum Gasteiger partial charge on any atom is -0.374 e. The molecule has 1 atom stereocenters. The molecule has 2 heteroatoms. The molecule has 0 aromatic rings. The van der Waals surface area contributed by atoms with Crippen LogP contribution in [0.1, 0.15) is 39.0 Å². The third-order valence-electron chi connectivity index (χ3n) is 3.07. The first-order valence-corrected chi connectivity index (χ1v) is 5.86. The number of carbonyl (C=O) groups excluding carboxylic acids is 1. The highest BCUT2D eigenvalue weighted by atomic mass is 16.5. The van der Waals surface area contributed by atoms with E-state index in [-0.39, 0.29) is 11.9 Å². The predicted molar refractivity (Wildman–Crippen MR) is 59.7 cm³/mol. The molecular weight excluding hydrogens is 188 g/mol. The van der Waals surface area contributed by atoms with Crippen molar-refractivity contribution in [2.24, 2.45) is 0 Å². The van der Waals surface area contributed by atoms with Gasteiger partial charge >= 0.3 is 0 Å². The zero-order chi connectivity index (χ0) is 10.7. The third kappa shape index (κ3) is 2.37. The quantitative estimate of drug-likeness (QED) is 0.661. The smallest absolute Gasteiger partial charge is 0.159 e. The highest BCUT2D eigenvalue weighted by Gasteiger charge is 2.28. The van der Waals surface area contributed by atoms with Crippen molar-refractivity contribution < 1.29 is 9.53 Å². The number of fused-ring (bicyclic) bond motifs is 1. The van der Waals surface area contributed by atoms with Gasteiger partial charge in [-0.2, -0.15) is 0 Å². The summed E-state index contributed by atoms with van der Waals surface area (Å²) in [6, 6.07) is 0. The summed E-state index contributed by atoms with van der Waals surface area (Å²) in [6.45, 7) is 3.02. The molecule has 0 saturated heterocycles. The lowest BCUT2D eigenvalue weighted by Crippen LogP contribution is -2.13. The van der Waals surface area contributed by atoms with Crippen LogP contribution in [0, 0.1) is 0 Å². The molecule has 1 saturated carbocycles. The van der Waals surface area contributed by atoms with Gasteiger partial charge in [-0.25, -0.2) is 0 Å². The van der Waals surface area contributed by atoms with Crippen LogP contribution >= 0.6 is 0 Å². The van der Waals surface area contributed by atoms with Crippen molar-refractivity contribution in [3.63, 3.8) is 0 Å². The van der Waals surface area contributed by atoms with Crippen LogP contribution in [-0.4, -0.2) is 18.5 Å². The average molecular weight is 206 g/mol. The van der Waals surface area contributed by atoms with Crippen LogP contribution in [-0.2, 0) is 9.53 Å². The SMILES string of the molecule is CCCCOC1CCC2=CC(=O)CC=C21. The number of carbonyl (C=O) groups is 1. The summed E-state index contributed by atoms with van der Waals surface area (Å²) in [7, 11) is 0. The predicted octanol–water partition coefficient (Wildman–Crippen LogP) is 2.79. The molecule has 0 aliphatic heterocycles. The molecule has 0 aromatic carbocycles. The normalized spacial score (nSPS) is 24.9. The standard InChI is InChI=1S/C13H18O2/c1-2-3-8-15-13-7-4-10-9-11(14)5-6-12(10)13/h6,9,13H,2-5,7-8H2,1H3. The maximum absolute atomic E-state index is 11.2. The summed E-state index contributed by atoms with van der Waals surface area (Å²) in [5.41, 5.74) is 2.50. The topological polar surface area (TPSA) is 26.3 Å². The minimum absolute atomic E-state index is 0.239. The number of hydrogen-bond donors (Lipinski definition) is 0. The van der Waals surface area contributed by atoms with Crippen LogP contribution in [0.25, 0.3) is 0 Å². The van der Waals surface area contributed by atoms with E-state index in [0.29, 0.717) is 6.42 Å². The van der Waals surface area contributed by atoms with Crippen LogP contribution in [0.4, 0.5) is 0 Å².